The lowest BCUT2D eigenvalue weighted by Gasteiger charge is -2.31. The van der Waals surface area contributed by atoms with Crippen molar-refractivity contribution in [1.82, 2.24) is 4.98 Å². The van der Waals surface area contributed by atoms with Gasteiger partial charge in [-0.2, -0.15) is 0 Å². The van der Waals surface area contributed by atoms with Crippen molar-refractivity contribution in [1.29, 1.82) is 0 Å². The van der Waals surface area contributed by atoms with E-state index in [2.05, 4.69) is 22.0 Å². The van der Waals surface area contributed by atoms with Crippen molar-refractivity contribution in [3.63, 3.8) is 0 Å². The highest BCUT2D eigenvalue weighted by Crippen LogP contribution is 2.26. The van der Waals surface area contributed by atoms with Crippen molar-refractivity contribution >= 4 is 5.69 Å². The SMILES string of the molecule is O=c1ccc(CN2COCc3ccccc32)c[nH]1. The average molecular weight is 242 g/mol. The lowest BCUT2D eigenvalue weighted by Crippen LogP contribution is -2.30. The van der Waals surface area contributed by atoms with Gasteiger partial charge in [-0.25, -0.2) is 0 Å². The number of benzene rings is 1. The van der Waals surface area contributed by atoms with Crippen LogP contribution < -0.4 is 10.5 Å². The molecule has 2 aromatic rings. The number of anilines is 1. The Hall–Kier alpha value is -2.07. The standard InChI is InChI=1S/C14H14N2O2/c17-14-6-5-11(7-15-14)8-16-10-18-9-12-3-1-2-4-13(12)16/h1-7H,8-10H2,(H,15,17). The van der Waals surface area contributed by atoms with Crippen molar-refractivity contribution in [2.24, 2.45) is 0 Å². The molecule has 0 aliphatic carbocycles. The second-order valence-corrected chi connectivity index (χ2v) is 4.37. The fourth-order valence-electron chi connectivity index (χ4n) is 2.17. The first-order chi connectivity index (χ1) is 8.83. The topological polar surface area (TPSA) is 45.3 Å². The van der Waals surface area contributed by atoms with Gasteiger partial charge < -0.3 is 14.6 Å². The highest BCUT2D eigenvalue weighted by atomic mass is 16.5. The molecule has 1 aliphatic heterocycles. The Bertz CT molecular complexity index is 586. The number of aromatic amines is 1. The molecule has 4 heteroatoms. The van der Waals surface area contributed by atoms with Gasteiger partial charge in [0.25, 0.3) is 0 Å². The maximum atomic E-state index is 11.0. The molecular weight excluding hydrogens is 228 g/mol. The van der Waals surface area contributed by atoms with Gasteiger partial charge in [0.15, 0.2) is 0 Å². The normalized spacial score (nSPS) is 14.3. The molecule has 1 aromatic carbocycles. The summed E-state index contributed by atoms with van der Waals surface area (Å²) in [5.74, 6) is 0. The number of fused-ring (bicyclic) bond motifs is 1. The number of hydrogen-bond acceptors (Lipinski definition) is 3. The maximum Gasteiger partial charge on any atom is 0.247 e. The molecule has 0 saturated carbocycles. The quantitative estimate of drug-likeness (QED) is 0.874. The van der Waals surface area contributed by atoms with E-state index in [-0.39, 0.29) is 5.56 Å². The minimum absolute atomic E-state index is 0.0750. The number of hydrogen-bond donors (Lipinski definition) is 1. The number of pyridine rings is 1. The summed E-state index contributed by atoms with van der Waals surface area (Å²) in [7, 11) is 0. The van der Waals surface area contributed by atoms with Gasteiger partial charge in [0.1, 0.15) is 6.73 Å². The number of nitrogens with zero attached hydrogens (tertiary/aromatic N) is 1. The van der Waals surface area contributed by atoms with E-state index in [1.54, 1.807) is 12.3 Å². The number of H-pyrrole nitrogens is 1. The molecule has 2 heterocycles. The number of para-hydroxylation sites is 1. The van der Waals surface area contributed by atoms with E-state index in [0.717, 1.165) is 12.1 Å². The first-order valence-electron chi connectivity index (χ1n) is 5.91. The number of nitrogens with one attached hydrogen (secondary N) is 1. The first kappa shape index (κ1) is 11.0. The van der Waals surface area contributed by atoms with Crippen molar-refractivity contribution in [3.05, 3.63) is 64.1 Å². The maximum absolute atomic E-state index is 11.0. The largest absolute Gasteiger partial charge is 0.356 e. The van der Waals surface area contributed by atoms with Crippen molar-refractivity contribution in [3.8, 4) is 0 Å². The van der Waals surface area contributed by atoms with Crippen LogP contribution in [0.25, 0.3) is 0 Å². The predicted octanol–water partition coefficient (Wildman–Crippen LogP) is 1.87. The van der Waals surface area contributed by atoms with Crippen LogP contribution >= 0.6 is 0 Å². The third-order valence-corrected chi connectivity index (χ3v) is 3.06. The van der Waals surface area contributed by atoms with Gasteiger partial charge in [0.2, 0.25) is 5.56 Å². The molecule has 18 heavy (non-hydrogen) atoms. The molecule has 3 rings (SSSR count). The summed E-state index contributed by atoms with van der Waals surface area (Å²) in [5.41, 5.74) is 3.40. The Kier molecular flexibility index (Phi) is 2.86. The van der Waals surface area contributed by atoms with Gasteiger partial charge in [0.05, 0.1) is 6.61 Å². The van der Waals surface area contributed by atoms with Gasteiger partial charge >= 0.3 is 0 Å². The first-order valence-corrected chi connectivity index (χ1v) is 5.91. The number of rotatable bonds is 2. The molecule has 0 bridgehead atoms. The van der Waals surface area contributed by atoms with Gasteiger partial charge in [-0.15, -0.1) is 0 Å². The Morgan fingerprint density at radius 3 is 2.94 bits per heavy atom. The summed E-state index contributed by atoms with van der Waals surface area (Å²) in [6.45, 7) is 1.97. The Labute approximate surface area is 105 Å². The van der Waals surface area contributed by atoms with Crippen molar-refractivity contribution in [2.75, 3.05) is 11.6 Å². The van der Waals surface area contributed by atoms with Gasteiger partial charge in [0, 0.05) is 30.1 Å². The second kappa shape index (κ2) is 4.66. The van der Waals surface area contributed by atoms with Crippen molar-refractivity contribution < 1.29 is 4.74 Å². The molecular formula is C14H14N2O2. The second-order valence-electron chi connectivity index (χ2n) is 4.37. The highest BCUT2D eigenvalue weighted by molar-refractivity contribution is 5.54. The van der Waals surface area contributed by atoms with Crippen LogP contribution in [-0.2, 0) is 17.9 Å². The molecule has 0 radical (unpaired) electrons. The molecule has 0 amide bonds. The molecule has 1 aliphatic rings. The Morgan fingerprint density at radius 1 is 1.22 bits per heavy atom. The summed E-state index contributed by atoms with van der Waals surface area (Å²) < 4.78 is 5.56. The van der Waals surface area contributed by atoms with E-state index in [4.69, 9.17) is 4.74 Å². The van der Waals surface area contributed by atoms with Gasteiger partial charge in [-0.3, -0.25) is 4.79 Å². The van der Waals surface area contributed by atoms with Crippen LogP contribution in [0.15, 0.2) is 47.4 Å². The molecule has 0 spiro atoms. The zero-order valence-corrected chi connectivity index (χ0v) is 9.93. The van der Waals surface area contributed by atoms with Crippen LogP contribution in [0.1, 0.15) is 11.1 Å². The van der Waals surface area contributed by atoms with E-state index in [9.17, 15) is 4.79 Å². The fraction of sp³-hybridized carbons (Fsp3) is 0.214. The minimum atomic E-state index is -0.0750. The summed E-state index contributed by atoms with van der Waals surface area (Å²) >= 11 is 0. The lowest BCUT2D eigenvalue weighted by atomic mass is 10.1. The number of ether oxygens (including phenoxy) is 1. The molecule has 0 saturated heterocycles. The van der Waals surface area contributed by atoms with Gasteiger partial charge in [-0.1, -0.05) is 24.3 Å². The average Bonchev–Trinajstić information content (AvgIpc) is 2.42. The van der Waals surface area contributed by atoms with Gasteiger partial charge in [-0.05, 0) is 11.6 Å². The minimum Gasteiger partial charge on any atom is -0.356 e. The summed E-state index contributed by atoms with van der Waals surface area (Å²) in [5, 5.41) is 0. The molecule has 1 N–H and O–H groups in total. The van der Waals surface area contributed by atoms with Crippen LogP contribution in [0.2, 0.25) is 0 Å². The van der Waals surface area contributed by atoms with Crippen molar-refractivity contribution in [2.45, 2.75) is 13.2 Å². The van der Waals surface area contributed by atoms with E-state index < -0.39 is 0 Å². The van der Waals surface area contributed by atoms with Crippen LogP contribution in [-0.4, -0.2) is 11.7 Å². The zero-order chi connectivity index (χ0) is 12.4. The van der Waals surface area contributed by atoms with Crippen LogP contribution in [0.4, 0.5) is 5.69 Å². The van der Waals surface area contributed by atoms with Crippen LogP contribution in [0.5, 0.6) is 0 Å². The smallest absolute Gasteiger partial charge is 0.247 e. The third-order valence-electron chi connectivity index (χ3n) is 3.06. The molecule has 0 atom stereocenters. The Morgan fingerprint density at radius 2 is 2.11 bits per heavy atom. The molecule has 0 fully saturated rings. The molecule has 92 valence electrons. The van der Waals surface area contributed by atoms with E-state index in [1.807, 2.05) is 18.2 Å². The zero-order valence-electron chi connectivity index (χ0n) is 9.93. The highest BCUT2D eigenvalue weighted by Gasteiger charge is 2.16. The Balaban J connectivity index is 1.86. The van der Waals surface area contributed by atoms with Crippen LogP contribution in [0.3, 0.4) is 0 Å². The summed E-state index contributed by atoms with van der Waals surface area (Å²) in [6.07, 6.45) is 1.75. The monoisotopic (exact) mass is 242 g/mol. The lowest BCUT2D eigenvalue weighted by molar-refractivity contribution is 0.109. The predicted molar refractivity (Wildman–Crippen MR) is 69.3 cm³/mol. The molecule has 1 aromatic heterocycles. The third kappa shape index (κ3) is 2.15. The van der Waals surface area contributed by atoms with E-state index in [1.165, 1.54) is 11.3 Å². The summed E-state index contributed by atoms with van der Waals surface area (Å²) in [4.78, 5) is 15.9. The number of aromatic nitrogens is 1. The molecule has 0 unspecified atom stereocenters. The van der Waals surface area contributed by atoms with E-state index >= 15 is 0 Å². The van der Waals surface area contributed by atoms with Crippen LogP contribution in [0, 0.1) is 0 Å². The fourth-order valence-corrected chi connectivity index (χ4v) is 2.17. The molecule has 4 nitrogen and oxygen atoms in total. The van der Waals surface area contributed by atoms with E-state index in [0.29, 0.717) is 13.3 Å². The summed E-state index contributed by atoms with van der Waals surface area (Å²) in [6, 6.07) is 11.6.